The molecule has 0 N–H and O–H groups in total. The Morgan fingerprint density at radius 3 is 2.20 bits per heavy atom. The van der Waals surface area contributed by atoms with E-state index >= 15 is 0 Å². The van der Waals surface area contributed by atoms with Crippen LogP contribution in [0.4, 0.5) is 0 Å². The fourth-order valence-corrected chi connectivity index (χ4v) is 1.52. The highest BCUT2D eigenvalue weighted by atomic mass is 35.5. The average Bonchev–Trinajstić information content (AvgIpc) is 2.18. The molecule has 0 spiro atoms. The van der Waals surface area contributed by atoms with E-state index in [4.69, 9.17) is 0 Å². The molecule has 0 atom stereocenters. The van der Waals surface area contributed by atoms with Gasteiger partial charge in [-0.05, 0) is 38.1 Å². The maximum absolute atomic E-state index is 4.33. The second-order valence-electron chi connectivity index (χ2n) is 3.35. The van der Waals surface area contributed by atoms with E-state index in [1.807, 2.05) is 32.0 Å². The van der Waals surface area contributed by atoms with Crippen LogP contribution in [0.15, 0.2) is 36.5 Å². The lowest BCUT2D eigenvalue weighted by atomic mass is 10.1. The Hall–Kier alpha value is -1.41. The van der Waals surface area contributed by atoms with Crippen LogP contribution in [0.2, 0.25) is 0 Å². The molecule has 78 valence electrons. The van der Waals surface area contributed by atoms with Crippen LogP contribution in [-0.2, 0) is 0 Å². The van der Waals surface area contributed by atoms with Gasteiger partial charge >= 0.3 is 0 Å². The van der Waals surface area contributed by atoms with Crippen molar-refractivity contribution in [2.45, 2.75) is 13.8 Å². The fraction of sp³-hybridized carbons (Fsp3) is 0.167. The van der Waals surface area contributed by atoms with E-state index in [9.17, 15) is 0 Å². The third-order valence-electron chi connectivity index (χ3n) is 2.04. The summed E-state index contributed by atoms with van der Waals surface area (Å²) in [6.07, 6.45) is 1.81. The van der Waals surface area contributed by atoms with Crippen LogP contribution in [-0.4, -0.2) is 9.97 Å². The molecule has 2 aromatic heterocycles. The van der Waals surface area contributed by atoms with Crippen molar-refractivity contribution in [2.24, 2.45) is 0 Å². The lowest BCUT2D eigenvalue weighted by Gasteiger charge is -2.02. The van der Waals surface area contributed by atoms with E-state index in [0.29, 0.717) is 0 Å². The SMILES string of the molecule is Cc1cc(-c2ccccn2)cc(C)n1.Cl. The minimum atomic E-state index is 0. The summed E-state index contributed by atoms with van der Waals surface area (Å²) in [5.74, 6) is 0. The molecule has 2 rings (SSSR count). The van der Waals surface area contributed by atoms with E-state index in [-0.39, 0.29) is 12.4 Å². The molecule has 2 aromatic rings. The van der Waals surface area contributed by atoms with Gasteiger partial charge in [0.25, 0.3) is 0 Å². The molecular weight excluding hydrogens is 208 g/mol. The third-order valence-corrected chi connectivity index (χ3v) is 2.04. The summed E-state index contributed by atoms with van der Waals surface area (Å²) in [5, 5.41) is 0. The predicted molar refractivity (Wildman–Crippen MR) is 64.2 cm³/mol. The van der Waals surface area contributed by atoms with E-state index in [1.165, 1.54) is 0 Å². The summed E-state index contributed by atoms with van der Waals surface area (Å²) in [6.45, 7) is 4.00. The van der Waals surface area contributed by atoms with Gasteiger partial charge in [-0.2, -0.15) is 0 Å². The Kier molecular flexibility index (Phi) is 3.81. The molecule has 0 aliphatic heterocycles. The molecule has 0 aromatic carbocycles. The van der Waals surface area contributed by atoms with Gasteiger partial charge in [0.05, 0.1) is 5.69 Å². The number of pyridine rings is 2. The molecule has 0 aliphatic carbocycles. The first kappa shape index (κ1) is 11.7. The second kappa shape index (κ2) is 4.89. The first-order chi connectivity index (χ1) is 6.75. The molecule has 2 heterocycles. The van der Waals surface area contributed by atoms with Crippen molar-refractivity contribution in [1.82, 2.24) is 9.97 Å². The molecule has 0 fully saturated rings. The standard InChI is InChI=1S/C12H12N2.ClH/c1-9-7-11(8-10(2)14-9)12-5-3-4-6-13-12;/h3-8H,1-2H3;1H. The Labute approximate surface area is 95.8 Å². The Bertz CT molecular complexity index is 420. The van der Waals surface area contributed by atoms with Crippen molar-refractivity contribution in [2.75, 3.05) is 0 Å². The zero-order chi connectivity index (χ0) is 9.97. The zero-order valence-electron chi connectivity index (χ0n) is 8.77. The quantitative estimate of drug-likeness (QED) is 0.738. The number of rotatable bonds is 1. The van der Waals surface area contributed by atoms with Crippen LogP contribution in [0.1, 0.15) is 11.4 Å². The summed E-state index contributed by atoms with van der Waals surface area (Å²) in [4.78, 5) is 8.64. The van der Waals surface area contributed by atoms with E-state index in [0.717, 1.165) is 22.6 Å². The smallest absolute Gasteiger partial charge is 0.0703 e. The molecule has 0 amide bonds. The second-order valence-corrected chi connectivity index (χ2v) is 3.35. The molecular formula is C12H13ClN2. The first-order valence-corrected chi connectivity index (χ1v) is 4.62. The minimum absolute atomic E-state index is 0. The summed E-state index contributed by atoms with van der Waals surface area (Å²) in [6, 6.07) is 10.0. The Balaban J connectivity index is 0.00000112. The highest BCUT2D eigenvalue weighted by molar-refractivity contribution is 5.85. The monoisotopic (exact) mass is 220 g/mol. The summed E-state index contributed by atoms with van der Waals surface area (Å²) in [7, 11) is 0. The Morgan fingerprint density at radius 2 is 1.67 bits per heavy atom. The highest BCUT2D eigenvalue weighted by Gasteiger charge is 2.00. The zero-order valence-corrected chi connectivity index (χ0v) is 9.58. The summed E-state index contributed by atoms with van der Waals surface area (Å²) >= 11 is 0. The highest BCUT2D eigenvalue weighted by Crippen LogP contribution is 2.17. The lowest BCUT2D eigenvalue weighted by Crippen LogP contribution is -1.89. The topological polar surface area (TPSA) is 25.8 Å². The van der Waals surface area contributed by atoms with Gasteiger partial charge < -0.3 is 0 Å². The maximum Gasteiger partial charge on any atom is 0.0703 e. The van der Waals surface area contributed by atoms with E-state index in [2.05, 4.69) is 22.1 Å². The molecule has 2 nitrogen and oxygen atoms in total. The van der Waals surface area contributed by atoms with Crippen molar-refractivity contribution in [3.63, 3.8) is 0 Å². The largest absolute Gasteiger partial charge is 0.258 e. The van der Waals surface area contributed by atoms with Crippen LogP contribution < -0.4 is 0 Å². The molecule has 3 heteroatoms. The van der Waals surface area contributed by atoms with Crippen molar-refractivity contribution < 1.29 is 0 Å². The van der Waals surface area contributed by atoms with Crippen molar-refractivity contribution >= 4 is 12.4 Å². The molecule has 0 radical (unpaired) electrons. The number of hydrogen-bond donors (Lipinski definition) is 0. The van der Waals surface area contributed by atoms with E-state index in [1.54, 1.807) is 6.20 Å². The number of nitrogens with zero attached hydrogens (tertiary/aromatic N) is 2. The van der Waals surface area contributed by atoms with E-state index < -0.39 is 0 Å². The van der Waals surface area contributed by atoms with Gasteiger partial charge in [0.1, 0.15) is 0 Å². The van der Waals surface area contributed by atoms with Crippen molar-refractivity contribution in [3.05, 3.63) is 47.9 Å². The van der Waals surface area contributed by atoms with Gasteiger partial charge in [-0.3, -0.25) is 9.97 Å². The molecule has 0 bridgehead atoms. The summed E-state index contributed by atoms with van der Waals surface area (Å²) in [5.41, 5.74) is 4.20. The fourth-order valence-electron chi connectivity index (χ4n) is 1.52. The van der Waals surface area contributed by atoms with Gasteiger partial charge in [-0.25, -0.2) is 0 Å². The molecule has 0 saturated carbocycles. The first-order valence-electron chi connectivity index (χ1n) is 4.62. The molecule has 15 heavy (non-hydrogen) atoms. The van der Waals surface area contributed by atoms with Gasteiger partial charge in [-0.15, -0.1) is 12.4 Å². The maximum atomic E-state index is 4.33. The number of aromatic nitrogens is 2. The molecule has 0 saturated heterocycles. The molecule has 0 aliphatic rings. The van der Waals surface area contributed by atoms with Gasteiger partial charge in [-0.1, -0.05) is 6.07 Å². The summed E-state index contributed by atoms with van der Waals surface area (Å²) < 4.78 is 0. The van der Waals surface area contributed by atoms with Crippen molar-refractivity contribution in [3.8, 4) is 11.3 Å². The van der Waals surface area contributed by atoms with Gasteiger partial charge in [0.15, 0.2) is 0 Å². The minimum Gasteiger partial charge on any atom is -0.258 e. The predicted octanol–water partition coefficient (Wildman–Crippen LogP) is 3.18. The third kappa shape index (κ3) is 2.77. The van der Waals surface area contributed by atoms with Crippen LogP contribution in [0.25, 0.3) is 11.3 Å². The molecule has 0 unspecified atom stereocenters. The normalized spacial score (nSPS) is 9.47. The van der Waals surface area contributed by atoms with Crippen LogP contribution in [0.3, 0.4) is 0 Å². The van der Waals surface area contributed by atoms with Crippen LogP contribution in [0.5, 0.6) is 0 Å². The number of hydrogen-bond acceptors (Lipinski definition) is 2. The van der Waals surface area contributed by atoms with Crippen LogP contribution in [0, 0.1) is 13.8 Å². The average molecular weight is 221 g/mol. The lowest BCUT2D eigenvalue weighted by molar-refractivity contribution is 1.12. The number of aryl methyl sites for hydroxylation is 2. The number of halogens is 1. The van der Waals surface area contributed by atoms with Crippen LogP contribution >= 0.6 is 12.4 Å². The van der Waals surface area contributed by atoms with Crippen molar-refractivity contribution in [1.29, 1.82) is 0 Å². The van der Waals surface area contributed by atoms with Gasteiger partial charge in [0.2, 0.25) is 0 Å². The van der Waals surface area contributed by atoms with Gasteiger partial charge in [0, 0.05) is 23.1 Å². The Morgan fingerprint density at radius 1 is 1.00 bits per heavy atom.